The number of ether oxygens (including phenoxy) is 4. The maximum atomic E-state index is 5.72. The molecule has 1 aliphatic heterocycles. The number of nitrogens with zero attached hydrogens (tertiary/aromatic N) is 1. The largest absolute Gasteiger partial charge is 0.379 e. The molecule has 0 spiro atoms. The Morgan fingerprint density at radius 3 is 1.84 bits per heavy atom. The summed E-state index contributed by atoms with van der Waals surface area (Å²) in [5.74, 6) is 0.824. The van der Waals surface area contributed by atoms with E-state index in [0.29, 0.717) is 51.7 Å². The predicted octanol–water partition coefficient (Wildman–Crippen LogP) is 4.51. The minimum atomic E-state index is 0.620. The first-order valence-corrected chi connectivity index (χ1v) is 13.4. The van der Waals surface area contributed by atoms with E-state index in [2.05, 4.69) is 37.9 Å². The molecule has 0 saturated carbocycles. The fraction of sp³-hybridized carbons (Fsp3) is 1.00. The van der Waals surface area contributed by atoms with Gasteiger partial charge in [0, 0.05) is 25.2 Å². The molecule has 0 amide bonds. The van der Waals surface area contributed by atoms with Gasteiger partial charge < -0.3 is 29.2 Å². The molecule has 0 aliphatic carbocycles. The van der Waals surface area contributed by atoms with Crippen LogP contribution in [0.5, 0.6) is 0 Å². The summed E-state index contributed by atoms with van der Waals surface area (Å²) in [6.45, 7) is 18.0. The zero-order valence-electron chi connectivity index (χ0n) is 21.7. The number of piperidine rings is 1. The highest BCUT2D eigenvalue weighted by atomic mass is 16.6. The lowest BCUT2D eigenvalue weighted by atomic mass is 9.99. The minimum Gasteiger partial charge on any atom is -0.379 e. The number of unbranched alkanes of at least 4 members (excludes halogenated alkanes) is 1. The summed E-state index contributed by atoms with van der Waals surface area (Å²) in [4.78, 5) is 2.51. The van der Waals surface area contributed by atoms with Crippen LogP contribution in [0.1, 0.15) is 79.1 Å². The third kappa shape index (κ3) is 17.3. The first kappa shape index (κ1) is 29.8. The summed E-state index contributed by atoms with van der Waals surface area (Å²) < 4.78 is 22.5. The average Bonchev–Trinajstić information content (AvgIpc) is 2.81. The van der Waals surface area contributed by atoms with Crippen molar-refractivity contribution in [1.82, 2.24) is 10.2 Å². The van der Waals surface area contributed by atoms with E-state index in [1.807, 2.05) is 0 Å². The van der Waals surface area contributed by atoms with Crippen LogP contribution in [-0.4, -0.2) is 89.5 Å². The molecule has 1 heterocycles. The molecule has 1 fully saturated rings. The van der Waals surface area contributed by atoms with E-state index in [9.17, 15) is 0 Å². The van der Waals surface area contributed by atoms with Crippen molar-refractivity contribution in [3.8, 4) is 0 Å². The van der Waals surface area contributed by atoms with Crippen molar-refractivity contribution in [2.24, 2.45) is 5.92 Å². The van der Waals surface area contributed by atoms with E-state index in [0.717, 1.165) is 32.1 Å². The van der Waals surface area contributed by atoms with Crippen LogP contribution >= 0.6 is 0 Å². The fourth-order valence-corrected chi connectivity index (χ4v) is 4.03. The summed E-state index contributed by atoms with van der Waals surface area (Å²) in [5.41, 5.74) is 0. The molecule has 1 rings (SSSR count). The van der Waals surface area contributed by atoms with E-state index in [1.54, 1.807) is 0 Å². The van der Waals surface area contributed by atoms with Gasteiger partial charge in [0.25, 0.3) is 0 Å². The molecule has 0 aromatic carbocycles. The highest BCUT2D eigenvalue weighted by molar-refractivity contribution is 4.78. The van der Waals surface area contributed by atoms with Crippen molar-refractivity contribution in [1.29, 1.82) is 0 Å². The molecule has 0 aromatic heterocycles. The Bertz CT molecular complexity index is 392. The highest BCUT2D eigenvalue weighted by Gasteiger charge is 2.19. The summed E-state index contributed by atoms with van der Waals surface area (Å²) >= 11 is 0. The van der Waals surface area contributed by atoms with Crippen LogP contribution in [0.25, 0.3) is 0 Å². The number of hydrogen-bond acceptors (Lipinski definition) is 6. The lowest BCUT2D eigenvalue weighted by Gasteiger charge is -2.33. The summed E-state index contributed by atoms with van der Waals surface area (Å²) in [7, 11) is 0. The third-order valence-electron chi connectivity index (χ3n) is 6.42. The van der Waals surface area contributed by atoms with Crippen LogP contribution < -0.4 is 5.32 Å². The van der Waals surface area contributed by atoms with E-state index < -0.39 is 0 Å². The van der Waals surface area contributed by atoms with Gasteiger partial charge in [-0.05, 0) is 58.0 Å². The van der Waals surface area contributed by atoms with E-state index in [4.69, 9.17) is 18.9 Å². The summed E-state index contributed by atoms with van der Waals surface area (Å²) in [5, 5.41) is 3.73. The van der Waals surface area contributed by atoms with Gasteiger partial charge in [-0.3, -0.25) is 0 Å². The zero-order valence-corrected chi connectivity index (χ0v) is 21.7. The molecular weight excluding hydrogens is 404 g/mol. The van der Waals surface area contributed by atoms with Crippen LogP contribution in [0.15, 0.2) is 0 Å². The summed E-state index contributed by atoms with van der Waals surface area (Å²) in [6.07, 6.45) is 10.1. The topological polar surface area (TPSA) is 52.2 Å². The molecule has 6 nitrogen and oxygen atoms in total. The molecule has 32 heavy (non-hydrogen) atoms. The standard InChI is InChI=1S/C26H54N2O4/c1-5-7-9-24(3)10-8-16-29-18-20-31-22-23-32-21-19-30-17-15-28-13-11-26(12-14-28)27-25(4)6-2/h24-27H,5-23H2,1-4H3. The number of likely N-dealkylation sites (tertiary alicyclic amines) is 1. The zero-order chi connectivity index (χ0) is 23.3. The Morgan fingerprint density at radius 2 is 1.28 bits per heavy atom. The van der Waals surface area contributed by atoms with Crippen molar-refractivity contribution in [2.45, 2.75) is 91.1 Å². The molecule has 192 valence electrons. The van der Waals surface area contributed by atoms with Crippen LogP contribution in [0.4, 0.5) is 0 Å². The van der Waals surface area contributed by atoms with Gasteiger partial charge in [0.15, 0.2) is 0 Å². The molecule has 0 bridgehead atoms. The Hall–Kier alpha value is -0.240. The second-order valence-electron chi connectivity index (χ2n) is 9.43. The van der Waals surface area contributed by atoms with Crippen molar-refractivity contribution in [2.75, 3.05) is 72.5 Å². The quantitative estimate of drug-likeness (QED) is 0.241. The van der Waals surface area contributed by atoms with Crippen LogP contribution in [0, 0.1) is 5.92 Å². The van der Waals surface area contributed by atoms with Crippen molar-refractivity contribution < 1.29 is 18.9 Å². The number of nitrogens with one attached hydrogen (secondary N) is 1. The second-order valence-corrected chi connectivity index (χ2v) is 9.43. The van der Waals surface area contributed by atoms with Crippen molar-refractivity contribution in [3.63, 3.8) is 0 Å². The normalized spacial score (nSPS) is 17.6. The Labute approximate surface area is 199 Å². The predicted molar refractivity (Wildman–Crippen MR) is 134 cm³/mol. The van der Waals surface area contributed by atoms with Crippen molar-refractivity contribution in [3.05, 3.63) is 0 Å². The summed E-state index contributed by atoms with van der Waals surface area (Å²) in [6, 6.07) is 1.32. The van der Waals surface area contributed by atoms with Gasteiger partial charge in [0.05, 0.1) is 46.2 Å². The minimum absolute atomic E-state index is 0.620. The van der Waals surface area contributed by atoms with Gasteiger partial charge in [0.1, 0.15) is 0 Å². The van der Waals surface area contributed by atoms with Gasteiger partial charge >= 0.3 is 0 Å². The Morgan fingerprint density at radius 1 is 0.750 bits per heavy atom. The van der Waals surface area contributed by atoms with E-state index in [1.165, 1.54) is 58.0 Å². The van der Waals surface area contributed by atoms with Gasteiger partial charge in [-0.1, -0.05) is 40.0 Å². The molecule has 2 atom stereocenters. The monoisotopic (exact) mass is 458 g/mol. The Balaban J connectivity index is 1.75. The molecule has 1 N–H and O–H groups in total. The molecule has 0 aromatic rings. The molecule has 0 radical (unpaired) electrons. The molecule has 1 aliphatic rings. The molecule has 6 heteroatoms. The Kier molecular flexibility index (Phi) is 19.8. The van der Waals surface area contributed by atoms with E-state index >= 15 is 0 Å². The third-order valence-corrected chi connectivity index (χ3v) is 6.42. The SMILES string of the molecule is CCCCC(C)CCCOCCOCCOCCOCCN1CCC(NC(C)CC)CC1. The van der Waals surface area contributed by atoms with Gasteiger partial charge in [0.2, 0.25) is 0 Å². The average molecular weight is 459 g/mol. The number of rotatable bonds is 22. The van der Waals surface area contributed by atoms with Crippen molar-refractivity contribution >= 4 is 0 Å². The van der Waals surface area contributed by atoms with Gasteiger partial charge in [-0.15, -0.1) is 0 Å². The maximum Gasteiger partial charge on any atom is 0.0701 e. The highest BCUT2D eigenvalue weighted by Crippen LogP contribution is 2.13. The van der Waals surface area contributed by atoms with Crippen LogP contribution in [-0.2, 0) is 18.9 Å². The first-order chi connectivity index (χ1) is 15.7. The molecule has 1 saturated heterocycles. The van der Waals surface area contributed by atoms with Gasteiger partial charge in [-0.2, -0.15) is 0 Å². The lowest BCUT2D eigenvalue weighted by molar-refractivity contribution is -0.00497. The number of hydrogen-bond donors (Lipinski definition) is 1. The maximum absolute atomic E-state index is 5.72. The van der Waals surface area contributed by atoms with Gasteiger partial charge in [-0.25, -0.2) is 0 Å². The van der Waals surface area contributed by atoms with Crippen LogP contribution in [0.3, 0.4) is 0 Å². The van der Waals surface area contributed by atoms with E-state index in [-0.39, 0.29) is 0 Å². The van der Waals surface area contributed by atoms with Crippen LogP contribution in [0.2, 0.25) is 0 Å². The molecular formula is C26H54N2O4. The second kappa shape index (κ2) is 21.3. The lowest BCUT2D eigenvalue weighted by Crippen LogP contribution is -2.46. The smallest absolute Gasteiger partial charge is 0.0701 e. The first-order valence-electron chi connectivity index (χ1n) is 13.4. The fourth-order valence-electron chi connectivity index (χ4n) is 4.03. The molecule has 2 unspecified atom stereocenters.